The lowest BCUT2D eigenvalue weighted by molar-refractivity contribution is -0.195. The van der Waals surface area contributed by atoms with Crippen molar-refractivity contribution in [1.82, 2.24) is 0 Å². The molecule has 0 bridgehead atoms. The first kappa shape index (κ1) is 18.4. The topological polar surface area (TPSA) is 35.5 Å². The second-order valence-electron chi connectivity index (χ2n) is 10.5. The third-order valence-corrected chi connectivity index (χ3v) is 9.25. The smallest absolute Gasteiger partial charge is 0.157 e. The highest BCUT2D eigenvalue weighted by Crippen LogP contribution is 2.64. The Morgan fingerprint density at radius 3 is 2.67 bits per heavy atom. The highest BCUT2D eigenvalue weighted by atomic mass is 16.7. The van der Waals surface area contributed by atoms with Crippen molar-refractivity contribution in [3.05, 3.63) is 11.6 Å². The fourth-order valence-electron chi connectivity index (χ4n) is 7.55. The van der Waals surface area contributed by atoms with Crippen LogP contribution in [0.5, 0.6) is 0 Å². The number of carbonyl (C=O) groups excluding carboxylic acids is 1. The first-order chi connectivity index (χ1) is 13.0. The average Bonchev–Trinajstić information content (AvgIpc) is 2.98. The molecule has 0 aromatic rings. The van der Waals surface area contributed by atoms with Crippen molar-refractivity contribution in [2.45, 2.75) is 96.9 Å². The maximum atomic E-state index is 12.6. The Balaban J connectivity index is 1.32. The molecule has 0 spiro atoms. The van der Waals surface area contributed by atoms with Gasteiger partial charge < -0.3 is 9.47 Å². The van der Waals surface area contributed by atoms with Crippen LogP contribution in [0.15, 0.2) is 11.6 Å². The molecule has 3 saturated carbocycles. The first-order valence-electron chi connectivity index (χ1n) is 11.5. The molecule has 0 amide bonds. The van der Waals surface area contributed by atoms with Gasteiger partial charge in [-0.25, -0.2) is 0 Å². The molecule has 3 nitrogen and oxygen atoms in total. The van der Waals surface area contributed by atoms with Gasteiger partial charge in [0.15, 0.2) is 6.29 Å². The minimum Gasteiger partial charge on any atom is -0.353 e. The van der Waals surface area contributed by atoms with Gasteiger partial charge in [-0.05, 0) is 87.4 Å². The summed E-state index contributed by atoms with van der Waals surface area (Å²) >= 11 is 0. The van der Waals surface area contributed by atoms with E-state index in [0.717, 1.165) is 57.0 Å². The zero-order valence-electron chi connectivity index (χ0n) is 17.2. The third kappa shape index (κ3) is 2.87. The van der Waals surface area contributed by atoms with E-state index in [0.29, 0.717) is 23.2 Å². The summed E-state index contributed by atoms with van der Waals surface area (Å²) in [6, 6.07) is 0. The molecule has 5 rings (SSSR count). The van der Waals surface area contributed by atoms with Crippen molar-refractivity contribution >= 4 is 5.78 Å². The van der Waals surface area contributed by atoms with Crippen molar-refractivity contribution in [3.63, 3.8) is 0 Å². The lowest BCUT2D eigenvalue weighted by Gasteiger charge is -2.57. The van der Waals surface area contributed by atoms with E-state index in [1.807, 2.05) is 0 Å². The molecule has 0 N–H and O–H groups in total. The van der Waals surface area contributed by atoms with Crippen LogP contribution in [0.1, 0.15) is 84.5 Å². The van der Waals surface area contributed by atoms with E-state index in [1.165, 1.54) is 32.1 Å². The van der Waals surface area contributed by atoms with Gasteiger partial charge in [0.05, 0.1) is 6.10 Å². The number of rotatable bonds is 2. The molecule has 0 radical (unpaired) electrons. The van der Waals surface area contributed by atoms with Gasteiger partial charge >= 0.3 is 0 Å². The summed E-state index contributed by atoms with van der Waals surface area (Å²) in [6.07, 6.45) is 15.4. The van der Waals surface area contributed by atoms with Gasteiger partial charge in [0.25, 0.3) is 0 Å². The summed E-state index contributed by atoms with van der Waals surface area (Å²) < 4.78 is 12.2. The van der Waals surface area contributed by atoms with Crippen LogP contribution in [0.4, 0.5) is 0 Å². The average molecular weight is 373 g/mol. The number of hydrogen-bond acceptors (Lipinski definition) is 3. The maximum absolute atomic E-state index is 12.6. The molecule has 5 aliphatic rings. The zero-order chi connectivity index (χ0) is 18.6. The predicted molar refractivity (Wildman–Crippen MR) is 105 cm³/mol. The van der Waals surface area contributed by atoms with Gasteiger partial charge in [-0.3, -0.25) is 4.79 Å². The van der Waals surface area contributed by atoms with Gasteiger partial charge in [0, 0.05) is 18.4 Å². The summed E-state index contributed by atoms with van der Waals surface area (Å²) in [5, 5.41) is 0. The number of allylic oxidation sites excluding steroid dienone is 1. The normalized spacial score (nSPS) is 49.8. The van der Waals surface area contributed by atoms with E-state index in [2.05, 4.69) is 19.9 Å². The summed E-state index contributed by atoms with van der Waals surface area (Å²) in [6.45, 7) is 5.67. The summed E-state index contributed by atoms with van der Waals surface area (Å²) in [5.41, 5.74) is 1.98. The second kappa shape index (κ2) is 6.69. The van der Waals surface area contributed by atoms with Crippen LogP contribution in [-0.2, 0) is 14.3 Å². The molecular weight excluding hydrogens is 336 g/mol. The Kier molecular flexibility index (Phi) is 4.55. The largest absolute Gasteiger partial charge is 0.353 e. The number of carbonyl (C=O) groups is 1. The standard InChI is InChI=1S/C24H36O3/c1-23-12-10-17(27-22-5-3-4-14-26-22)15-16(23)6-7-18-19-8-9-21(25)24(19,2)13-11-20(18)23/h6,17-20,22H,3-5,7-15H2,1-2H3/t17-,18-,19-,20-,22+,23+,24+/m1/s1. The second-order valence-corrected chi connectivity index (χ2v) is 10.5. The van der Waals surface area contributed by atoms with Gasteiger partial charge in [-0.2, -0.15) is 0 Å². The van der Waals surface area contributed by atoms with Gasteiger partial charge in [0.1, 0.15) is 5.78 Å². The van der Waals surface area contributed by atoms with Crippen LogP contribution in [0, 0.1) is 28.6 Å². The van der Waals surface area contributed by atoms with E-state index >= 15 is 0 Å². The van der Waals surface area contributed by atoms with Crippen molar-refractivity contribution < 1.29 is 14.3 Å². The van der Waals surface area contributed by atoms with Crippen LogP contribution in [-0.4, -0.2) is 24.8 Å². The lowest BCUT2D eigenvalue weighted by atomic mass is 9.48. The fraction of sp³-hybridized carbons (Fsp3) is 0.875. The van der Waals surface area contributed by atoms with Crippen molar-refractivity contribution in [1.29, 1.82) is 0 Å². The molecule has 0 aromatic carbocycles. The molecule has 0 unspecified atom stereocenters. The highest BCUT2D eigenvalue weighted by molar-refractivity contribution is 5.87. The Hall–Kier alpha value is -0.670. The van der Waals surface area contributed by atoms with E-state index in [9.17, 15) is 4.79 Å². The molecule has 27 heavy (non-hydrogen) atoms. The minimum absolute atomic E-state index is 0.0124. The SMILES string of the molecule is C[C@]12CC[C@@H](O[C@H]3CCCCO3)CC1=CC[C@H]1[C@H]2CC[C@]2(C)C(=O)CC[C@H]12. The van der Waals surface area contributed by atoms with Gasteiger partial charge in [-0.1, -0.05) is 25.5 Å². The van der Waals surface area contributed by atoms with Crippen LogP contribution in [0.2, 0.25) is 0 Å². The Morgan fingerprint density at radius 1 is 1.04 bits per heavy atom. The summed E-state index contributed by atoms with van der Waals surface area (Å²) in [5.74, 6) is 2.68. The molecule has 3 heteroatoms. The molecule has 150 valence electrons. The fourth-order valence-corrected chi connectivity index (χ4v) is 7.55. The number of ether oxygens (including phenoxy) is 2. The molecule has 1 saturated heterocycles. The molecule has 4 fully saturated rings. The summed E-state index contributed by atoms with van der Waals surface area (Å²) in [4.78, 5) is 12.6. The number of ketones is 1. The van der Waals surface area contributed by atoms with Gasteiger partial charge in [0.2, 0.25) is 0 Å². The Labute approximate surface area is 164 Å². The number of fused-ring (bicyclic) bond motifs is 5. The quantitative estimate of drug-likeness (QED) is 0.606. The zero-order valence-corrected chi connectivity index (χ0v) is 17.2. The Bertz CT molecular complexity index is 634. The monoisotopic (exact) mass is 372 g/mol. The Morgan fingerprint density at radius 2 is 1.85 bits per heavy atom. The van der Waals surface area contributed by atoms with Crippen molar-refractivity contribution in [3.8, 4) is 0 Å². The number of hydrogen-bond donors (Lipinski definition) is 0. The molecule has 4 aliphatic carbocycles. The molecular formula is C24H36O3. The molecule has 1 aliphatic heterocycles. The lowest BCUT2D eigenvalue weighted by Crippen LogP contribution is -2.50. The van der Waals surface area contributed by atoms with Crippen LogP contribution < -0.4 is 0 Å². The van der Waals surface area contributed by atoms with E-state index < -0.39 is 0 Å². The van der Waals surface area contributed by atoms with Crippen LogP contribution in [0.3, 0.4) is 0 Å². The molecule has 0 aromatic heterocycles. The van der Waals surface area contributed by atoms with Crippen molar-refractivity contribution in [2.24, 2.45) is 28.6 Å². The van der Waals surface area contributed by atoms with E-state index in [1.54, 1.807) is 5.57 Å². The van der Waals surface area contributed by atoms with Gasteiger partial charge in [-0.15, -0.1) is 0 Å². The van der Waals surface area contributed by atoms with E-state index in [4.69, 9.17) is 9.47 Å². The van der Waals surface area contributed by atoms with Crippen LogP contribution in [0.25, 0.3) is 0 Å². The van der Waals surface area contributed by atoms with Crippen LogP contribution >= 0.6 is 0 Å². The molecule has 7 atom stereocenters. The van der Waals surface area contributed by atoms with E-state index in [-0.39, 0.29) is 11.7 Å². The highest BCUT2D eigenvalue weighted by Gasteiger charge is 2.58. The minimum atomic E-state index is -0.0124. The third-order valence-electron chi connectivity index (χ3n) is 9.25. The first-order valence-corrected chi connectivity index (χ1v) is 11.5. The number of Topliss-reactive ketones (excluding diaryl/α,β-unsaturated/α-hetero) is 1. The summed E-state index contributed by atoms with van der Waals surface area (Å²) in [7, 11) is 0. The predicted octanol–water partition coefficient (Wildman–Crippen LogP) is 5.43. The molecule has 1 heterocycles. The van der Waals surface area contributed by atoms with Crippen molar-refractivity contribution in [2.75, 3.05) is 6.61 Å². The maximum Gasteiger partial charge on any atom is 0.157 e.